The van der Waals surface area contributed by atoms with Gasteiger partial charge in [-0.3, -0.25) is 0 Å². The van der Waals surface area contributed by atoms with Gasteiger partial charge in [0.05, 0.1) is 18.8 Å². The molecule has 1 unspecified atom stereocenters. The molecule has 1 rings (SSSR count). The molecule has 0 bridgehead atoms. The summed E-state index contributed by atoms with van der Waals surface area (Å²) >= 11 is 0. The van der Waals surface area contributed by atoms with E-state index in [9.17, 15) is 0 Å². The summed E-state index contributed by atoms with van der Waals surface area (Å²) in [6.45, 7) is 6.07. The van der Waals surface area contributed by atoms with Gasteiger partial charge in [0, 0.05) is 26.2 Å². The number of likely N-dealkylation sites (N-methyl/N-ethyl adjacent to an activating group) is 1. The van der Waals surface area contributed by atoms with Crippen LogP contribution in [0.3, 0.4) is 0 Å². The third kappa shape index (κ3) is 4.57. The van der Waals surface area contributed by atoms with Crippen molar-refractivity contribution in [1.82, 2.24) is 10.2 Å². The molecule has 0 aromatic heterocycles. The Kier molecular flexibility index (Phi) is 4.66. The Morgan fingerprint density at radius 3 is 3.08 bits per heavy atom. The number of aliphatic hydroxyl groups excluding tert-OH is 1. The normalized spacial score (nSPS) is 27.5. The molecule has 13 heavy (non-hydrogen) atoms. The van der Waals surface area contributed by atoms with Crippen LogP contribution in [0.4, 0.5) is 0 Å². The number of ether oxygens (including phenoxy) is 1. The fraction of sp³-hybridized carbons (Fsp3) is 1.00. The molecule has 0 radical (unpaired) electrons. The van der Waals surface area contributed by atoms with Gasteiger partial charge in [0.2, 0.25) is 0 Å². The highest BCUT2D eigenvalue weighted by Gasteiger charge is 2.16. The fourth-order valence-corrected chi connectivity index (χ4v) is 1.44. The molecule has 1 fully saturated rings. The second kappa shape index (κ2) is 5.54. The summed E-state index contributed by atoms with van der Waals surface area (Å²) in [4.78, 5) is 2.26. The molecule has 1 aliphatic heterocycles. The van der Waals surface area contributed by atoms with Crippen LogP contribution in [0.15, 0.2) is 0 Å². The van der Waals surface area contributed by atoms with E-state index in [0.717, 1.165) is 26.2 Å². The zero-order valence-electron chi connectivity index (χ0n) is 8.49. The van der Waals surface area contributed by atoms with Crippen molar-refractivity contribution < 1.29 is 9.84 Å². The van der Waals surface area contributed by atoms with Crippen molar-refractivity contribution in [2.24, 2.45) is 0 Å². The maximum Gasteiger partial charge on any atom is 0.0826 e. The van der Waals surface area contributed by atoms with E-state index in [4.69, 9.17) is 9.84 Å². The average molecular weight is 188 g/mol. The highest BCUT2D eigenvalue weighted by molar-refractivity contribution is 4.71. The van der Waals surface area contributed by atoms with E-state index in [1.807, 2.05) is 0 Å². The summed E-state index contributed by atoms with van der Waals surface area (Å²) in [7, 11) is 2.10. The van der Waals surface area contributed by atoms with Crippen molar-refractivity contribution in [3.8, 4) is 0 Å². The maximum absolute atomic E-state index is 9.02. The molecule has 1 aliphatic rings. The standard InChI is InChI=1S/C9H20N2O2/c1-8(12)5-10-6-9-7-11(2)3-4-13-9/h8-10,12H,3-7H2,1-2H3/t8-,9?/m1/s1. The van der Waals surface area contributed by atoms with Gasteiger partial charge in [-0.05, 0) is 14.0 Å². The first-order valence-electron chi connectivity index (χ1n) is 4.87. The summed E-state index contributed by atoms with van der Waals surface area (Å²) < 4.78 is 5.54. The zero-order chi connectivity index (χ0) is 9.68. The van der Waals surface area contributed by atoms with Crippen LogP contribution in [0.2, 0.25) is 0 Å². The van der Waals surface area contributed by atoms with Gasteiger partial charge in [0.25, 0.3) is 0 Å². The largest absolute Gasteiger partial charge is 0.392 e. The molecule has 4 nitrogen and oxygen atoms in total. The minimum Gasteiger partial charge on any atom is -0.392 e. The Morgan fingerprint density at radius 2 is 2.46 bits per heavy atom. The molecule has 4 heteroatoms. The Hall–Kier alpha value is -0.160. The molecule has 2 atom stereocenters. The number of aliphatic hydroxyl groups is 1. The monoisotopic (exact) mass is 188 g/mol. The van der Waals surface area contributed by atoms with E-state index in [1.165, 1.54) is 0 Å². The van der Waals surface area contributed by atoms with Crippen molar-refractivity contribution in [2.45, 2.75) is 19.1 Å². The van der Waals surface area contributed by atoms with Gasteiger partial charge in [-0.25, -0.2) is 0 Å². The van der Waals surface area contributed by atoms with E-state index in [-0.39, 0.29) is 12.2 Å². The van der Waals surface area contributed by atoms with E-state index >= 15 is 0 Å². The Balaban J connectivity index is 2.06. The van der Waals surface area contributed by atoms with Crippen LogP contribution in [0.25, 0.3) is 0 Å². The first kappa shape index (κ1) is 10.9. The van der Waals surface area contributed by atoms with Crippen molar-refractivity contribution in [2.75, 3.05) is 39.8 Å². The quantitative estimate of drug-likeness (QED) is 0.611. The Morgan fingerprint density at radius 1 is 1.69 bits per heavy atom. The lowest BCUT2D eigenvalue weighted by atomic mass is 10.3. The van der Waals surface area contributed by atoms with Gasteiger partial charge in [0.15, 0.2) is 0 Å². The van der Waals surface area contributed by atoms with Crippen molar-refractivity contribution in [3.05, 3.63) is 0 Å². The van der Waals surface area contributed by atoms with E-state index < -0.39 is 0 Å². The van der Waals surface area contributed by atoms with Gasteiger partial charge >= 0.3 is 0 Å². The van der Waals surface area contributed by atoms with Crippen molar-refractivity contribution in [3.63, 3.8) is 0 Å². The molecule has 78 valence electrons. The molecule has 1 heterocycles. The lowest BCUT2D eigenvalue weighted by Crippen LogP contribution is -2.45. The highest BCUT2D eigenvalue weighted by atomic mass is 16.5. The molecular formula is C9H20N2O2. The summed E-state index contributed by atoms with van der Waals surface area (Å²) in [6, 6.07) is 0. The van der Waals surface area contributed by atoms with Crippen LogP contribution in [0.5, 0.6) is 0 Å². The average Bonchev–Trinajstić information content (AvgIpc) is 2.03. The van der Waals surface area contributed by atoms with Crippen LogP contribution < -0.4 is 5.32 Å². The SMILES string of the molecule is C[C@@H](O)CNCC1CN(C)CCO1. The van der Waals surface area contributed by atoms with Crippen LogP contribution in [-0.2, 0) is 4.74 Å². The Bertz CT molecular complexity index is 142. The molecule has 0 saturated carbocycles. The van der Waals surface area contributed by atoms with Gasteiger partial charge in [0.1, 0.15) is 0 Å². The highest BCUT2D eigenvalue weighted by Crippen LogP contribution is 2.01. The second-order valence-corrected chi connectivity index (χ2v) is 3.76. The van der Waals surface area contributed by atoms with Gasteiger partial charge in [-0.2, -0.15) is 0 Å². The van der Waals surface area contributed by atoms with Crippen LogP contribution in [0, 0.1) is 0 Å². The third-order valence-corrected chi connectivity index (χ3v) is 2.15. The topological polar surface area (TPSA) is 44.7 Å². The molecule has 2 N–H and O–H groups in total. The first-order chi connectivity index (χ1) is 6.18. The lowest BCUT2D eigenvalue weighted by molar-refractivity contribution is -0.0189. The maximum atomic E-state index is 9.02. The predicted molar refractivity (Wildman–Crippen MR) is 51.8 cm³/mol. The zero-order valence-corrected chi connectivity index (χ0v) is 8.49. The molecule has 1 saturated heterocycles. The number of nitrogens with zero attached hydrogens (tertiary/aromatic N) is 1. The van der Waals surface area contributed by atoms with Crippen LogP contribution in [0.1, 0.15) is 6.92 Å². The summed E-state index contributed by atoms with van der Waals surface area (Å²) in [6.07, 6.45) is -0.00109. The van der Waals surface area contributed by atoms with Gasteiger partial charge in [-0.15, -0.1) is 0 Å². The summed E-state index contributed by atoms with van der Waals surface area (Å²) in [5, 5.41) is 12.2. The van der Waals surface area contributed by atoms with Crippen molar-refractivity contribution in [1.29, 1.82) is 0 Å². The second-order valence-electron chi connectivity index (χ2n) is 3.76. The van der Waals surface area contributed by atoms with Crippen LogP contribution >= 0.6 is 0 Å². The lowest BCUT2D eigenvalue weighted by Gasteiger charge is -2.30. The van der Waals surface area contributed by atoms with E-state index in [1.54, 1.807) is 6.92 Å². The molecule has 0 spiro atoms. The molecule has 0 aromatic carbocycles. The predicted octanol–water partition coefficient (Wildman–Crippen LogP) is -0.713. The van der Waals surface area contributed by atoms with Crippen LogP contribution in [-0.4, -0.2) is 62.0 Å². The first-order valence-corrected chi connectivity index (χ1v) is 4.87. The molecule has 0 amide bonds. The van der Waals surface area contributed by atoms with E-state index in [0.29, 0.717) is 6.54 Å². The number of morpholine rings is 1. The van der Waals surface area contributed by atoms with Gasteiger partial charge in [-0.1, -0.05) is 0 Å². The Labute approximate surface area is 79.9 Å². The minimum absolute atomic E-state index is 0.275. The number of hydrogen-bond donors (Lipinski definition) is 2. The minimum atomic E-state index is -0.277. The molecule has 0 aliphatic carbocycles. The summed E-state index contributed by atoms with van der Waals surface area (Å²) in [5.74, 6) is 0. The van der Waals surface area contributed by atoms with E-state index in [2.05, 4.69) is 17.3 Å². The fourth-order valence-electron chi connectivity index (χ4n) is 1.44. The smallest absolute Gasteiger partial charge is 0.0826 e. The molecular weight excluding hydrogens is 168 g/mol. The summed E-state index contributed by atoms with van der Waals surface area (Å²) in [5.41, 5.74) is 0. The van der Waals surface area contributed by atoms with Gasteiger partial charge < -0.3 is 20.1 Å². The van der Waals surface area contributed by atoms with Crippen molar-refractivity contribution >= 4 is 0 Å². The third-order valence-electron chi connectivity index (χ3n) is 2.15. The number of rotatable bonds is 4. The molecule has 0 aromatic rings. The number of hydrogen-bond acceptors (Lipinski definition) is 4. The number of nitrogens with one attached hydrogen (secondary N) is 1.